The standard InChI is InChI=1S/C20H13Cl2N3O4S/c21-13-3-1-12(2-4-13)18-9-6-15(29-18)7-10-19(26)24-20(30)23-17-11-14(25(27)28)5-8-16(17)22/h1-11H,(H2,23,24,26,30). The van der Waals surface area contributed by atoms with E-state index < -0.39 is 10.8 Å². The van der Waals surface area contributed by atoms with Gasteiger partial charge in [0.05, 0.1) is 15.6 Å². The number of nitro groups is 1. The summed E-state index contributed by atoms with van der Waals surface area (Å²) >= 11 is 16.9. The number of thiocarbonyl (C=S) groups is 1. The first-order chi connectivity index (χ1) is 14.3. The van der Waals surface area contributed by atoms with Gasteiger partial charge in [-0.3, -0.25) is 20.2 Å². The molecule has 0 fully saturated rings. The minimum atomic E-state index is -0.562. The molecule has 3 rings (SSSR count). The van der Waals surface area contributed by atoms with Crippen LogP contribution in [0, 0.1) is 10.1 Å². The molecule has 0 atom stereocenters. The molecule has 0 saturated heterocycles. The smallest absolute Gasteiger partial charge is 0.271 e. The molecule has 0 aliphatic heterocycles. The highest BCUT2D eigenvalue weighted by Crippen LogP contribution is 2.27. The van der Waals surface area contributed by atoms with Gasteiger partial charge in [0.15, 0.2) is 5.11 Å². The zero-order valence-electron chi connectivity index (χ0n) is 15.1. The molecule has 0 radical (unpaired) electrons. The molecule has 30 heavy (non-hydrogen) atoms. The first-order valence-electron chi connectivity index (χ1n) is 8.41. The van der Waals surface area contributed by atoms with Crippen molar-refractivity contribution in [3.05, 3.63) is 86.6 Å². The summed E-state index contributed by atoms with van der Waals surface area (Å²) in [5.41, 5.74) is 0.895. The highest BCUT2D eigenvalue weighted by atomic mass is 35.5. The van der Waals surface area contributed by atoms with Crippen LogP contribution in [0.5, 0.6) is 0 Å². The Balaban J connectivity index is 1.60. The maximum Gasteiger partial charge on any atom is 0.271 e. The number of hydrogen-bond acceptors (Lipinski definition) is 5. The summed E-state index contributed by atoms with van der Waals surface area (Å²) in [7, 11) is 0. The molecular formula is C20H13Cl2N3O4S. The number of non-ortho nitro benzene ring substituents is 1. The van der Waals surface area contributed by atoms with E-state index in [0.717, 1.165) is 5.56 Å². The Kier molecular flexibility index (Phi) is 6.83. The number of furan rings is 1. The summed E-state index contributed by atoms with van der Waals surface area (Å²) in [6, 6.07) is 14.5. The van der Waals surface area contributed by atoms with Gasteiger partial charge in [-0.05, 0) is 60.8 Å². The van der Waals surface area contributed by atoms with E-state index >= 15 is 0 Å². The lowest BCUT2D eigenvalue weighted by Gasteiger charge is -2.09. The van der Waals surface area contributed by atoms with E-state index in [0.29, 0.717) is 16.5 Å². The van der Waals surface area contributed by atoms with Crippen molar-refractivity contribution in [2.24, 2.45) is 0 Å². The minimum Gasteiger partial charge on any atom is -0.457 e. The lowest BCUT2D eigenvalue weighted by molar-refractivity contribution is -0.384. The Morgan fingerprint density at radius 2 is 1.83 bits per heavy atom. The summed E-state index contributed by atoms with van der Waals surface area (Å²) in [5, 5.41) is 16.7. The fourth-order valence-electron chi connectivity index (χ4n) is 2.40. The van der Waals surface area contributed by atoms with Crippen LogP contribution in [0.15, 0.2) is 65.1 Å². The second-order valence-corrected chi connectivity index (χ2v) is 7.16. The lowest BCUT2D eigenvalue weighted by atomic mass is 10.2. The number of rotatable bonds is 5. The number of carbonyl (C=O) groups excluding carboxylic acids is 1. The molecule has 10 heteroatoms. The Labute approximate surface area is 186 Å². The highest BCUT2D eigenvalue weighted by Gasteiger charge is 2.11. The van der Waals surface area contributed by atoms with Gasteiger partial charge < -0.3 is 9.73 Å². The first-order valence-corrected chi connectivity index (χ1v) is 9.58. The van der Waals surface area contributed by atoms with Gasteiger partial charge in [-0.25, -0.2) is 0 Å². The number of hydrogen-bond donors (Lipinski definition) is 2. The molecule has 2 aromatic carbocycles. The van der Waals surface area contributed by atoms with Crippen molar-refractivity contribution >= 4 is 63.9 Å². The molecule has 152 valence electrons. The van der Waals surface area contributed by atoms with E-state index in [-0.39, 0.29) is 21.5 Å². The predicted octanol–water partition coefficient (Wildman–Crippen LogP) is 5.69. The van der Waals surface area contributed by atoms with Crippen LogP contribution >= 0.6 is 35.4 Å². The van der Waals surface area contributed by atoms with Gasteiger partial charge in [0.25, 0.3) is 5.69 Å². The molecule has 2 N–H and O–H groups in total. The van der Waals surface area contributed by atoms with Crippen LogP contribution in [0.3, 0.4) is 0 Å². The van der Waals surface area contributed by atoms with Gasteiger partial charge in [0.2, 0.25) is 5.91 Å². The van der Waals surface area contributed by atoms with Crippen molar-refractivity contribution in [1.82, 2.24) is 5.32 Å². The van der Waals surface area contributed by atoms with Crippen LogP contribution in [-0.2, 0) is 4.79 Å². The van der Waals surface area contributed by atoms with Gasteiger partial charge in [-0.2, -0.15) is 0 Å². The number of nitro benzene ring substituents is 1. The van der Waals surface area contributed by atoms with Gasteiger partial charge in [0, 0.05) is 28.8 Å². The second kappa shape index (κ2) is 9.53. The van der Waals surface area contributed by atoms with E-state index in [1.54, 1.807) is 24.3 Å². The first kappa shape index (κ1) is 21.5. The lowest BCUT2D eigenvalue weighted by Crippen LogP contribution is -2.32. The number of halogens is 2. The van der Waals surface area contributed by atoms with E-state index in [2.05, 4.69) is 10.6 Å². The van der Waals surface area contributed by atoms with Crippen LogP contribution in [-0.4, -0.2) is 15.9 Å². The molecule has 0 unspecified atom stereocenters. The second-order valence-electron chi connectivity index (χ2n) is 5.91. The van der Waals surface area contributed by atoms with Gasteiger partial charge in [-0.1, -0.05) is 23.2 Å². The monoisotopic (exact) mass is 461 g/mol. The molecular weight excluding hydrogens is 449 g/mol. The molecule has 0 spiro atoms. The van der Waals surface area contributed by atoms with Gasteiger partial charge in [0.1, 0.15) is 11.5 Å². The molecule has 0 saturated carbocycles. The summed E-state index contributed by atoms with van der Waals surface area (Å²) in [4.78, 5) is 22.4. The fraction of sp³-hybridized carbons (Fsp3) is 0. The molecule has 7 nitrogen and oxygen atoms in total. The normalized spacial score (nSPS) is 10.7. The van der Waals surface area contributed by atoms with Crippen molar-refractivity contribution < 1.29 is 14.1 Å². The maximum atomic E-state index is 12.1. The molecule has 3 aromatic rings. The number of benzene rings is 2. The third kappa shape index (κ3) is 5.66. The predicted molar refractivity (Wildman–Crippen MR) is 121 cm³/mol. The van der Waals surface area contributed by atoms with Gasteiger partial charge >= 0.3 is 0 Å². The zero-order valence-corrected chi connectivity index (χ0v) is 17.4. The fourth-order valence-corrected chi connectivity index (χ4v) is 2.90. The summed E-state index contributed by atoms with van der Waals surface area (Å²) in [6.07, 6.45) is 2.73. The van der Waals surface area contributed by atoms with E-state index in [4.69, 9.17) is 39.8 Å². The van der Waals surface area contributed by atoms with E-state index in [9.17, 15) is 14.9 Å². The number of anilines is 1. The molecule has 0 aliphatic carbocycles. The Bertz CT molecular complexity index is 1140. The largest absolute Gasteiger partial charge is 0.457 e. The van der Waals surface area contributed by atoms with Crippen LogP contribution in [0.1, 0.15) is 5.76 Å². The number of carbonyl (C=O) groups is 1. The summed E-state index contributed by atoms with van der Waals surface area (Å²) < 4.78 is 5.67. The van der Waals surface area contributed by atoms with Crippen LogP contribution in [0.2, 0.25) is 10.0 Å². The Hall–Kier alpha value is -3.20. The third-order valence-corrected chi connectivity index (χ3v) is 4.59. The van der Waals surface area contributed by atoms with Crippen LogP contribution in [0.25, 0.3) is 17.4 Å². The Morgan fingerprint density at radius 3 is 2.53 bits per heavy atom. The average Bonchev–Trinajstić information content (AvgIpc) is 3.17. The van der Waals surface area contributed by atoms with Crippen LogP contribution < -0.4 is 10.6 Å². The average molecular weight is 462 g/mol. The van der Waals surface area contributed by atoms with E-state index in [1.807, 2.05) is 12.1 Å². The highest BCUT2D eigenvalue weighted by molar-refractivity contribution is 7.80. The molecule has 0 aliphatic rings. The minimum absolute atomic E-state index is 0.0617. The summed E-state index contributed by atoms with van der Waals surface area (Å²) in [6.45, 7) is 0. The summed E-state index contributed by atoms with van der Waals surface area (Å²) in [5.74, 6) is 0.582. The number of amides is 1. The van der Waals surface area contributed by atoms with Crippen molar-refractivity contribution in [3.8, 4) is 11.3 Å². The number of nitrogens with one attached hydrogen (secondary N) is 2. The molecule has 0 bridgehead atoms. The van der Waals surface area contributed by atoms with Crippen molar-refractivity contribution in [2.45, 2.75) is 0 Å². The van der Waals surface area contributed by atoms with Crippen molar-refractivity contribution in [1.29, 1.82) is 0 Å². The topological polar surface area (TPSA) is 97.4 Å². The molecule has 1 amide bonds. The quantitative estimate of drug-likeness (QED) is 0.219. The molecule has 1 heterocycles. The maximum absolute atomic E-state index is 12.1. The zero-order chi connectivity index (χ0) is 21.7. The van der Waals surface area contributed by atoms with Crippen LogP contribution in [0.4, 0.5) is 11.4 Å². The van der Waals surface area contributed by atoms with E-state index in [1.165, 1.54) is 30.4 Å². The van der Waals surface area contributed by atoms with Crippen molar-refractivity contribution in [3.63, 3.8) is 0 Å². The number of nitrogens with zero attached hydrogens (tertiary/aromatic N) is 1. The molecule has 1 aromatic heterocycles. The van der Waals surface area contributed by atoms with Crippen molar-refractivity contribution in [2.75, 3.05) is 5.32 Å². The third-order valence-electron chi connectivity index (χ3n) is 3.80. The Morgan fingerprint density at radius 1 is 1.10 bits per heavy atom. The SMILES string of the molecule is O=C(C=Cc1ccc(-c2ccc(Cl)cc2)o1)NC(=S)Nc1cc([N+](=O)[O-])ccc1Cl. The van der Waals surface area contributed by atoms with Gasteiger partial charge in [-0.15, -0.1) is 0 Å².